The SMILES string of the molecule is O=C(/C=C/C1CCOCC1)c1cc2ncccc2o1. The molecule has 19 heavy (non-hydrogen) atoms. The van der Waals surface area contributed by atoms with Crippen molar-refractivity contribution in [2.45, 2.75) is 12.8 Å². The number of hydrogen-bond acceptors (Lipinski definition) is 4. The molecule has 2 aromatic heterocycles. The predicted molar refractivity (Wildman–Crippen MR) is 71.0 cm³/mol. The summed E-state index contributed by atoms with van der Waals surface area (Å²) in [6.45, 7) is 1.55. The number of rotatable bonds is 3. The third-order valence-corrected chi connectivity index (χ3v) is 3.32. The lowest BCUT2D eigenvalue weighted by Gasteiger charge is -2.18. The summed E-state index contributed by atoms with van der Waals surface area (Å²) in [5.74, 6) is 0.668. The molecule has 0 aromatic carbocycles. The van der Waals surface area contributed by atoms with E-state index >= 15 is 0 Å². The van der Waals surface area contributed by atoms with E-state index in [0.29, 0.717) is 22.8 Å². The van der Waals surface area contributed by atoms with Crippen LogP contribution >= 0.6 is 0 Å². The molecule has 2 aromatic rings. The lowest BCUT2D eigenvalue weighted by molar-refractivity contribution is 0.0782. The van der Waals surface area contributed by atoms with Gasteiger partial charge in [0.05, 0.1) is 0 Å². The number of ether oxygens (including phenoxy) is 1. The molecule has 0 atom stereocenters. The van der Waals surface area contributed by atoms with E-state index in [1.54, 1.807) is 30.5 Å². The molecule has 0 N–H and O–H groups in total. The van der Waals surface area contributed by atoms with Gasteiger partial charge in [-0.2, -0.15) is 0 Å². The predicted octanol–water partition coefficient (Wildman–Crippen LogP) is 2.99. The largest absolute Gasteiger partial charge is 0.451 e. The molecule has 0 saturated carbocycles. The summed E-state index contributed by atoms with van der Waals surface area (Å²) in [7, 11) is 0. The number of ketones is 1. The Labute approximate surface area is 111 Å². The molecular weight excluding hydrogens is 242 g/mol. The zero-order valence-electron chi connectivity index (χ0n) is 10.5. The second-order valence-electron chi connectivity index (χ2n) is 4.67. The van der Waals surface area contributed by atoms with E-state index in [-0.39, 0.29) is 5.78 Å². The third-order valence-electron chi connectivity index (χ3n) is 3.32. The number of hydrogen-bond donors (Lipinski definition) is 0. The third kappa shape index (κ3) is 2.74. The van der Waals surface area contributed by atoms with Crippen molar-refractivity contribution in [1.29, 1.82) is 0 Å². The average molecular weight is 257 g/mol. The van der Waals surface area contributed by atoms with Crippen LogP contribution in [0, 0.1) is 5.92 Å². The molecule has 0 amide bonds. The van der Waals surface area contributed by atoms with Gasteiger partial charge in [0.15, 0.2) is 11.3 Å². The van der Waals surface area contributed by atoms with Crippen LogP contribution in [-0.4, -0.2) is 24.0 Å². The second-order valence-corrected chi connectivity index (χ2v) is 4.67. The van der Waals surface area contributed by atoms with Gasteiger partial charge in [0.25, 0.3) is 0 Å². The van der Waals surface area contributed by atoms with Crippen molar-refractivity contribution in [3.63, 3.8) is 0 Å². The first-order chi connectivity index (χ1) is 9.33. The van der Waals surface area contributed by atoms with E-state index in [1.165, 1.54) is 0 Å². The van der Waals surface area contributed by atoms with Crippen LogP contribution in [-0.2, 0) is 4.74 Å². The number of furan rings is 1. The summed E-state index contributed by atoms with van der Waals surface area (Å²) in [5.41, 5.74) is 1.36. The lowest BCUT2D eigenvalue weighted by atomic mass is 9.99. The minimum absolute atomic E-state index is 0.107. The lowest BCUT2D eigenvalue weighted by Crippen LogP contribution is -2.13. The molecule has 3 rings (SSSR count). The van der Waals surface area contributed by atoms with Crippen molar-refractivity contribution < 1.29 is 13.9 Å². The highest BCUT2D eigenvalue weighted by Crippen LogP contribution is 2.19. The molecule has 1 aliphatic heterocycles. The molecule has 1 fully saturated rings. The van der Waals surface area contributed by atoms with Crippen molar-refractivity contribution in [2.24, 2.45) is 5.92 Å². The van der Waals surface area contributed by atoms with Gasteiger partial charge in [-0.1, -0.05) is 6.08 Å². The molecule has 0 unspecified atom stereocenters. The van der Waals surface area contributed by atoms with Crippen molar-refractivity contribution in [3.8, 4) is 0 Å². The normalized spacial score (nSPS) is 17.3. The van der Waals surface area contributed by atoms with E-state index in [9.17, 15) is 4.79 Å². The van der Waals surface area contributed by atoms with Gasteiger partial charge in [-0.05, 0) is 37.0 Å². The van der Waals surface area contributed by atoms with Crippen molar-refractivity contribution in [2.75, 3.05) is 13.2 Å². The smallest absolute Gasteiger partial charge is 0.220 e. The first kappa shape index (κ1) is 12.1. The van der Waals surface area contributed by atoms with Crippen LogP contribution in [0.4, 0.5) is 0 Å². The summed E-state index contributed by atoms with van der Waals surface area (Å²) >= 11 is 0. The Morgan fingerprint density at radius 1 is 1.37 bits per heavy atom. The van der Waals surface area contributed by atoms with Gasteiger partial charge in [0.2, 0.25) is 5.78 Å². The fourth-order valence-corrected chi connectivity index (χ4v) is 2.20. The summed E-state index contributed by atoms with van der Waals surface area (Å²) in [6, 6.07) is 5.28. The van der Waals surface area contributed by atoms with E-state index in [4.69, 9.17) is 9.15 Å². The Morgan fingerprint density at radius 3 is 3.00 bits per heavy atom. The van der Waals surface area contributed by atoms with E-state index in [1.807, 2.05) is 6.08 Å². The monoisotopic (exact) mass is 257 g/mol. The van der Waals surface area contributed by atoms with Gasteiger partial charge in [0, 0.05) is 25.5 Å². The maximum Gasteiger partial charge on any atom is 0.220 e. The molecule has 0 aliphatic carbocycles. The summed E-state index contributed by atoms with van der Waals surface area (Å²) in [5, 5.41) is 0. The van der Waals surface area contributed by atoms with Crippen LogP contribution in [0.15, 0.2) is 41.0 Å². The number of aromatic nitrogens is 1. The Bertz CT molecular complexity index is 576. The van der Waals surface area contributed by atoms with Gasteiger partial charge in [-0.25, -0.2) is 0 Å². The highest BCUT2D eigenvalue weighted by molar-refractivity contribution is 6.04. The number of pyridine rings is 1. The van der Waals surface area contributed by atoms with Crippen LogP contribution in [0.5, 0.6) is 0 Å². The first-order valence-corrected chi connectivity index (χ1v) is 6.48. The van der Waals surface area contributed by atoms with E-state index in [2.05, 4.69) is 4.98 Å². The number of allylic oxidation sites excluding steroid dienone is 2. The van der Waals surface area contributed by atoms with Crippen LogP contribution in [0.2, 0.25) is 0 Å². The number of nitrogens with zero attached hydrogens (tertiary/aromatic N) is 1. The topological polar surface area (TPSA) is 52.3 Å². The molecule has 4 nitrogen and oxygen atoms in total. The van der Waals surface area contributed by atoms with Gasteiger partial charge < -0.3 is 9.15 Å². The number of carbonyl (C=O) groups excluding carboxylic acids is 1. The van der Waals surface area contributed by atoms with Gasteiger partial charge >= 0.3 is 0 Å². The van der Waals surface area contributed by atoms with Crippen LogP contribution in [0.1, 0.15) is 23.4 Å². The fraction of sp³-hybridized carbons (Fsp3) is 0.333. The molecule has 0 bridgehead atoms. The molecule has 4 heteroatoms. The van der Waals surface area contributed by atoms with Crippen molar-refractivity contribution in [3.05, 3.63) is 42.3 Å². The molecule has 0 spiro atoms. The summed E-state index contributed by atoms with van der Waals surface area (Å²) in [4.78, 5) is 16.2. The standard InChI is InChI=1S/C15H15NO3/c17-13(4-3-11-5-8-18-9-6-11)15-10-12-14(19-15)2-1-7-16-12/h1-4,7,10-11H,5-6,8-9H2/b4-3+. The second kappa shape index (κ2) is 5.36. The minimum atomic E-state index is -0.107. The molecular formula is C15H15NO3. The molecule has 3 heterocycles. The van der Waals surface area contributed by atoms with Crippen LogP contribution < -0.4 is 0 Å². The highest BCUT2D eigenvalue weighted by Gasteiger charge is 2.13. The van der Waals surface area contributed by atoms with E-state index < -0.39 is 0 Å². The van der Waals surface area contributed by atoms with E-state index in [0.717, 1.165) is 26.1 Å². The molecule has 1 saturated heterocycles. The molecule has 0 radical (unpaired) electrons. The van der Waals surface area contributed by atoms with Gasteiger partial charge in [0.1, 0.15) is 5.52 Å². The Kier molecular flexibility index (Phi) is 3.42. The average Bonchev–Trinajstić information content (AvgIpc) is 2.90. The Morgan fingerprint density at radius 2 is 2.21 bits per heavy atom. The van der Waals surface area contributed by atoms with Gasteiger partial charge in [-0.3, -0.25) is 9.78 Å². The zero-order chi connectivity index (χ0) is 13.1. The Balaban J connectivity index is 1.74. The summed E-state index contributed by atoms with van der Waals surface area (Å²) < 4.78 is 10.8. The minimum Gasteiger partial charge on any atom is -0.451 e. The zero-order valence-corrected chi connectivity index (χ0v) is 10.5. The fourth-order valence-electron chi connectivity index (χ4n) is 2.20. The molecule has 1 aliphatic rings. The summed E-state index contributed by atoms with van der Waals surface area (Å²) in [6.07, 6.45) is 7.21. The Hall–Kier alpha value is -1.94. The maximum absolute atomic E-state index is 12.0. The van der Waals surface area contributed by atoms with Crippen molar-refractivity contribution in [1.82, 2.24) is 4.98 Å². The maximum atomic E-state index is 12.0. The van der Waals surface area contributed by atoms with Gasteiger partial charge in [-0.15, -0.1) is 0 Å². The quantitative estimate of drug-likeness (QED) is 0.626. The number of carbonyl (C=O) groups is 1. The first-order valence-electron chi connectivity index (χ1n) is 6.48. The van der Waals surface area contributed by atoms with Crippen LogP contribution in [0.25, 0.3) is 11.1 Å². The number of fused-ring (bicyclic) bond motifs is 1. The molecule has 98 valence electrons. The van der Waals surface area contributed by atoms with Crippen LogP contribution in [0.3, 0.4) is 0 Å². The van der Waals surface area contributed by atoms with Crippen molar-refractivity contribution >= 4 is 16.9 Å². The highest BCUT2D eigenvalue weighted by atomic mass is 16.5.